The molecular formula is C34H41F2N5O5S. The molecule has 0 bridgehead atoms. The standard InChI is InChI=1S/C13H16FN3O2.C12H16N2O2S.C7H7FO.C2H2/c14-10-4-3-9(13(15)19)7-11(10)16-8-12(18)17-5-1-2-6-17;1-14(2)12(15)13-9-3-5-10(6-4-9)17(16)11-7-8-11;1-9-7-5-3-2-4-6(7)8;1-2/h3-4,7,16H,1-2,5-6,8H2,(H2,15,19);3-6,11H,7-8H2,1-2H3,(H,13,15);2-5H,1H3;1-2H. The van der Waals surface area contributed by atoms with Gasteiger partial charge < -0.3 is 30.9 Å². The molecule has 0 spiro atoms. The van der Waals surface area contributed by atoms with Crippen LogP contribution in [-0.2, 0) is 15.6 Å². The second-order valence-electron chi connectivity index (χ2n) is 10.5. The summed E-state index contributed by atoms with van der Waals surface area (Å²) in [4.78, 5) is 38.3. The summed E-state index contributed by atoms with van der Waals surface area (Å²) >= 11 is 0. The summed E-state index contributed by atoms with van der Waals surface area (Å²) in [5, 5.41) is 5.80. The van der Waals surface area contributed by atoms with E-state index in [0.29, 0.717) is 5.25 Å². The van der Waals surface area contributed by atoms with Crippen LogP contribution in [0.1, 0.15) is 36.0 Å². The van der Waals surface area contributed by atoms with Crippen LogP contribution >= 0.6 is 0 Å². The van der Waals surface area contributed by atoms with Crippen LogP contribution in [0.4, 0.5) is 25.0 Å². The topological polar surface area (TPSA) is 134 Å². The fourth-order valence-electron chi connectivity index (χ4n) is 4.06. The molecule has 47 heavy (non-hydrogen) atoms. The van der Waals surface area contributed by atoms with Crippen molar-refractivity contribution >= 4 is 40.0 Å². The van der Waals surface area contributed by atoms with Gasteiger partial charge in [-0.3, -0.25) is 13.8 Å². The third kappa shape index (κ3) is 12.8. The number of hydrogen-bond donors (Lipinski definition) is 3. The molecule has 1 saturated heterocycles. The predicted molar refractivity (Wildman–Crippen MR) is 181 cm³/mol. The number of halogens is 2. The molecule has 252 valence electrons. The maximum atomic E-state index is 13.5. The maximum Gasteiger partial charge on any atom is 0.321 e. The average Bonchev–Trinajstić information content (AvgIpc) is 3.78. The first-order valence-electron chi connectivity index (χ1n) is 14.7. The Bertz CT molecular complexity index is 1520. The van der Waals surface area contributed by atoms with Crippen molar-refractivity contribution in [3.8, 4) is 18.6 Å². The second-order valence-corrected chi connectivity index (χ2v) is 12.2. The van der Waals surface area contributed by atoms with Crippen molar-refractivity contribution in [3.05, 3.63) is 83.9 Å². The number of anilines is 2. The quantitative estimate of drug-likeness (QED) is 0.286. The van der Waals surface area contributed by atoms with Gasteiger partial charge in [-0.25, -0.2) is 13.6 Å². The normalized spacial score (nSPS) is 13.6. The molecule has 2 aliphatic rings. The summed E-state index contributed by atoms with van der Waals surface area (Å²) in [5.41, 5.74) is 6.17. The summed E-state index contributed by atoms with van der Waals surface area (Å²) in [6.45, 7) is 1.52. The van der Waals surface area contributed by atoms with Crippen molar-refractivity contribution in [3.63, 3.8) is 0 Å². The number of benzene rings is 3. The van der Waals surface area contributed by atoms with Crippen LogP contribution < -0.4 is 21.1 Å². The highest BCUT2D eigenvalue weighted by Gasteiger charge is 2.29. The zero-order valence-electron chi connectivity index (χ0n) is 26.7. The van der Waals surface area contributed by atoms with Crippen molar-refractivity contribution in [2.24, 2.45) is 5.73 Å². The number of primary amides is 1. The summed E-state index contributed by atoms with van der Waals surface area (Å²) in [7, 11) is 3.94. The highest BCUT2D eigenvalue weighted by atomic mass is 32.2. The molecule has 10 nitrogen and oxygen atoms in total. The van der Waals surface area contributed by atoms with Crippen LogP contribution in [0, 0.1) is 24.5 Å². The lowest BCUT2D eigenvalue weighted by Gasteiger charge is -2.16. The molecule has 2 fully saturated rings. The van der Waals surface area contributed by atoms with Gasteiger partial charge in [0, 0.05) is 48.6 Å². The van der Waals surface area contributed by atoms with E-state index in [2.05, 4.69) is 28.2 Å². The van der Waals surface area contributed by atoms with E-state index in [1.165, 1.54) is 30.2 Å². The Morgan fingerprint density at radius 1 is 0.979 bits per heavy atom. The molecule has 1 aliphatic carbocycles. The molecule has 1 unspecified atom stereocenters. The number of carbonyl (C=O) groups excluding carboxylic acids is 3. The number of likely N-dealkylation sites (tertiary alicyclic amines) is 1. The first-order chi connectivity index (χ1) is 22.5. The Morgan fingerprint density at radius 2 is 1.60 bits per heavy atom. The van der Waals surface area contributed by atoms with Crippen LogP contribution in [0.15, 0.2) is 71.6 Å². The fourth-order valence-corrected chi connectivity index (χ4v) is 5.41. The Morgan fingerprint density at radius 3 is 2.11 bits per heavy atom. The van der Waals surface area contributed by atoms with Gasteiger partial charge in [-0.2, -0.15) is 0 Å². The molecule has 3 aromatic carbocycles. The maximum absolute atomic E-state index is 13.5. The van der Waals surface area contributed by atoms with Gasteiger partial charge in [0.25, 0.3) is 0 Å². The lowest BCUT2D eigenvalue weighted by molar-refractivity contribution is -0.128. The Balaban J connectivity index is 0.000000252. The summed E-state index contributed by atoms with van der Waals surface area (Å²) in [6, 6.07) is 17.1. The van der Waals surface area contributed by atoms with Gasteiger partial charge in [-0.15, -0.1) is 12.8 Å². The lowest BCUT2D eigenvalue weighted by Crippen LogP contribution is -2.33. The largest absolute Gasteiger partial charge is 0.494 e. The molecule has 4 amide bonds. The van der Waals surface area contributed by atoms with Crippen molar-refractivity contribution in [2.45, 2.75) is 35.8 Å². The molecule has 1 atom stereocenters. The molecular weight excluding hydrogens is 628 g/mol. The van der Waals surface area contributed by atoms with Gasteiger partial charge in [0.15, 0.2) is 11.6 Å². The molecule has 0 radical (unpaired) electrons. The molecule has 5 rings (SSSR count). The SMILES string of the molecule is C#C.CN(C)C(=O)Nc1ccc(S(=O)C2CC2)cc1.COc1ccccc1F.NC(=O)c1ccc(F)c(NCC(=O)N2CCCC2)c1. The van der Waals surface area contributed by atoms with E-state index in [-0.39, 0.29) is 41.3 Å². The van der Waals surface area contributed by atoms with Crippen LogP contribution in [0.3, 0.4) is 0 Å². The van der Waals surface area contributed by atoms with Crippen molar-refractivity contribution < 1.29 is 32.1 Å². The molecule has 3 aromatic rings. The number of ether oxygens (including phenoxy) is 1. The number of nitrogens with one attached hydrogen (secondary N) is 2. The van der Waals surface area contributed by atoms with Gasteiger partial charge >= 0.3 is 6.03 Å². The second kappa shape index (κ2) is 19.5. The minimum atomic E-state index is -0.877. The van der Waals surface area contributed by atoms with E-state index < -0.39 is 22.5 Å². The third-order valence-electron chi connectivity index (χ3n) is 6.77. The highest BCUT2D eigenvalue weighted by Crippen LogP contribution is 2.30. The Labute approximate surface area is 277 Å². The van der Waals surface area contributed by atoms with Crippen molar-refractivity contribution in [2.75, 3.05) is 51.5 Å². The average molecular weight is 670 g/mol. The van der Waals surface area contributed by atoms with Crippen LogP contribution in [0.5, 0.6) is 5.75 Å². The minimum absolute atomic E-state index is 0.0130. The van der Waals surface area contributed by atoms with Gasteiger partial charge in [0.2, 0.25) is 11.8 Å². The molecule has 13 heteroatoms. The third-order valence-corrected chi connectivity index (χ3v) is 8.58. The number of methoxy groups -OCH3 is 1. The summed E-state index contributed by atoms with van der Waals surface area (Å²) in [5.74, 6) is -1.24. The van der Waals surface area contributed by atoms with E-state index >= 15 is 0 Å². The summed E-state index contributed by atoms with van der Waals surface area (Å²) in [6.07, 6.45) is 12.1. The number of nitrogens with two attached hydrogens (primary N) is 1. The minimum Gasteiger partial charge on any atom is -0.494 e. The molecule has 1 heterocycles. The number of hydrogen-bond acceptors (Lipinski definition) is 6. The summed E-state index contributed by atoms with van der Waals surface area (Å²) < 4.78 is 42.5. The first kappa shape index (κ1) is 38.2. The molecule has 0 aromatic heterocycles. The Kier molecular flexibility index (Phi) is 15.9. The molecule has 1 aliphatic heterocycles. The number of para-hydroxylation sites is 1. The smallest absolute Gasteiger partial charge is 0.321 e. The number of rotatable bonds is 8. The van der Waals surface area contributed by atoms with E-state index in [0.717, 1.165) is 55.4 Å². The van der Waals surface area contributed by atoms with Crippen LogP contribution in [0.25, 0.3) is 0 Å². The van der Waals surface area contributed by atoms with E-state index in [1.54, 1.807) is 49.3 Å². The van der Waals surface area contributed by atoms with E-state index in [4.69, 9.17) is 5.73 Å². The number of nitrogens with zero attached hydrogens (tertiary/aromatic N) is 2. The zero-order chi connectivity index (χ0) is 34.9. The van der Waals surface area contributed by atoms with E-state index in [9.17, 15) is 27.4 Å². The number of terminal acetylenes is 1. The Hall–Kier alpha value is -4.96. The first-order valence-corrected chi connectivity index (χ1v) is 15.9. The van der Waals surface area contributed by atoms with E-state index in [1.807, 2.05) is 12.1 Å². The van der Waals surface area contributed by atoms with Crippen LogP contribution in [0.2, 0.25) is 0 Å². The fraction of sp³-hybridized carbons (Fsp3) is 0.324. The highest BCUT2D eigenvalue weighted by molar-refractivity contribution is 7.86. The number of urea groups is 1. The van der Waals surface area contributed by atoms with Gasteiger partial charge in [-0.05, 0) is 80.3 Å². The lowest BCUT2D eigenvalue weighted by atomic mass is 10.2. The zero-order valence-corrected chi connectivity index (χ0v) is 27.5. The van der Waals surface area contributed by atoms with Gasteiger partial charge in [-0.1, -0.05) is 12.1 Å². The molecule has 4 N–H and O–H groups in total. The van der Waals surface area contributed by atoms with Crippen LogP contribution in [-0.4, -0.2) is 77.9 Å². The predicted octanol–water partition coefficient (Wildman–Crippen LogP) is 5.09. The number of carbonyl (C=O) groups is 3. The molecule has 1 saturated carbocycles. The monoisotopic (exact) mass is 669 g/mol. The van der Waals surface area contributed by atoms with Gasteiger partial charge in [0.1, 0.15) is 5.82 Å². The van der Waals surface area contributed by atoms with Crippen molar-refractivity contribution in [1.29, 1.82) is 0 Å². The van der Waals surface area contributed by atoms with Gasteiger partial charge in [0.05, 0.1) is 30.1 Å². The number of amides is 4. The van der Waals surface area contributed by atoms with Crippen molar-refractivity contribution in [1.82, 2.24) is 9.80 Å².